The van der Waals surface area contributed by atoms with E-state index in [1.54, 1.807) is 12.1 Å². The molecule has 1 saturated heterocycles. The second-order valence-electron chi connectivity index (χ2n) is 7.93. The van der Waals surface area contributed by atoms with E-state index in [-0.39, 0.29) is 16.5 Å². The van der Waals surface area contributed by atoms with Gasteiger partial charge in [-0.2, -0.15) is 4.98 Å². The third kappa shape index (κ3) is 5.84. The van der Waals surface area contributed by atoms with Crippen LogP contribution in [-0.4, -0.2) is 42.6 Å². The lowest BCUT2D eigenvalue weighted by molar-refractivity contribution is -0.142. The molecule has 0 unspecified atom stereocenters. The Morgan fingerprint density at radius 1 is 1.09 bits per heavy atom. The van der Waals surface area contributed by atoms with E-state index in [1.165, 1.54) is 18.3 Å². The number of rotatable bonds is 8. The van der Waals surface area contributed by atoms with Crippen LogP contribution in [0.2, 0.25) is 0 Å². The fourth-order valence-electron chi connectivity index (χ4n) is 3.66. The second-order valence-corrected chi connectivity index (χ2v) is 10.5. The van der Waals surface area contributed by atoms with Gasteiger partial charge < -0.3 is 15.3 Å². The molecule has 1 aromatic heterocycles. The molecule has 1 aliphatic rings. The van der Waals surface area contributed by atoms with Crippen LogP contribution in [0.1, 0.15) is 18.4 Å². The van der Waals surface area contributed by atoms with Gasteiger partial charge in [0.1, 0.15) is 5.69 Å². The highest BCUT2D eigenvalue weighted by Gasteiger charge is 2.26. The number of carboxylic acid groups (broad SMARTS) is 1. The summed E-state index contributed by atoms with van der Waals surface area (Å²) < 4.78 is 29.3. The Labute approximate surface area is 206 Å². The van der Waals surface area contributed by atoms with E-state index in [0.717, 1.165) is 10.0 Å². The summed E-state index contributed by atoms with van der Waals surface area (Å²) in [5.41, 5.74) is 1.23. The van der Waals surface area contributed by atoms with Crippen molar-refractivity contribution in [2.45, 2.75) is 24.3 Å². The summed E-state index contributed by atoms with van der Waals surface area (Å²) in [6.07, 6.45) is 2.45. The molecule has 0 aliphatic carbocycles. The first-order valence-corrected chi connectivity index (χ1v) is 13.0. The SMILES string of the molecule is O=C(O)C1CCN(c2ncc(NS(=O)(=O)c3ccc(Br)cc3)c(NCc3ccccc3)n2)CC1. The van der Waals surface area contributed by atoms with Gasteiger partial charge in [0.2, 0.25) is 5.95 Å². The van der Waals surface area contributed by atoms with E-state index in [4.69, 9.17) is 0 Å². The number of aliphatic carboxylic acids is 1. The van der Waals surface area contributed by atoms with Crippen LogP contribution in [0.3, 0.4) is 0 Å². The molecule has 2 heterocycles. The van der Waals surface area contributed by atoms with Gasteiger partial charge in [-0.15, -0.1) is 0 Å². The Hall–Kier alpha value is -3.18. The molecule has 34 heavy (non-hydrogen) atoms. The van der Waals surface area contributed by atoms with Gasteiger partial charge in [0.05, 0.1) is 17.0 Å². The van der Waals surface area contributed by atoms with Gasteiger partial charge in [0.25, 0.3) is 10.0 Å². The first-order valence-electron chi connectivity index (χ1n) is 10.7. The second kappa shape index (κ2) is 10.4. The van der Waals surface area contributed by atoms with Crippen LogP contribution in [0.5, 0.6) is 0 Å². The van der Waals surface area contributed by atoms with Gasteiger partial charge in [0, 0.05) is 24.1 Å². The van der Waals surface area contributed by atoms with Crippen LogP contribution in [0, 0.1) is 5.92 Å². The number of benzene rings is 2. The molecule has 2 aromatic carbocycles. The largest absolute Gasteiger partial charge is 0.481 e. The van der Waals surface area contributed by atoms with Crippen molar-refractivity contribution in [1.82, 2.24) is 9.97 Å². The van der Waals surface area contributed by atoms with Crippen molar-refractivity contribution in [1.29, 1.82) is 0 Å². The van der Waals surface area contributed by atoms with Crippen molar-refractivity contribution in [3.63, 3.8) is 0 Å². The Morgan fingerprint density at radius 3 is 2.41 bits per heavy atom. The van der Waals surface area contributed by atoms with E-state index in [1.807, 2.05) is 35.2 Å². The minimum Gasteiger partial charge on any atom is -0.481 e. The van der Waals surface area contributed by atoms with Gasteiger partial charge >= 0.3 is 5.97 Å². The molecule has 11 heteroatoms. The predicted molar refractivity (Wildman–Crippen MR) is 133 cm³/mol. The fraction of sp³-hybridized carbons (Fsp3) is 0.261. The molecular formula is C23H24BrN5O4S. The van der Waals surface area contributed by atoms with E-state index in [2.05, 4.69) is 35.9 Å². The molecule has 0 bridgehead atoms. The van der Waals surface area contributed by atoms with E-state index in [0.29, 0.717) is 44.2 Å². The molecule has 0 amide bonds. The first kappa shape index (κ1) is 24.0. The Kier molecular flexibility index (Phi) is 7.32. The van der Waals surface area contributed by atoms with Crippen molar-refractivity contribution in [2.24, 2.45) is 5.92 Å². The predicted octanol–water partition coefficient (Wildman–Crippen LogP) is 3.95. The molecule has 9 nitrogen and oxygen atoms in total. The molecule has 1 aliphatic heterocycles. The van der Waals surface area contributed by atoms with Gasteiger partial charge in [-0.1, -0.05) is 46.3 Å². The molecule has 3 aromatic rings. The van der Waals surface area contributed by atoms with Crippen molar-refractivity contribution in [3.8, 4) is 0 Å². The average molecular weight is 546 g/mol. The minimum absolute atomic E-state index is 0.115. The number of hydrogen-bond acceptors (Lipinski definition) is 7. The monoisotopic (exact) mass is 545 g/mol. The van der Waals surface area contributed by atoms with Crippen LogP contribution in [0.15, 0.2) is 70.2 Å². The van der Waals surface area contributed by atoms with Crippen molar-refractivity contribution < 1.29 is 18.3 Å². The first-order chi connectivity index (χ1) is 16.3. The molecule has 0 spiro atoms. The molecule has 0 saturated carbocycles. The Bertz CT molecular complexity index is 1250. The lowest BCUT2D eigenvalue weighted by atomic mass is 9.97. The number of carbonyl (C=O) groups is 1. The lowest BCUT2D eigenvalue weighted by Gasteiger charge is -2.30. The zero-order chi connectivity index (χ0) is 24.1. The molecule has 178 valence electrons. The minimum atomic E-state index is -3.86. The Morgan fingerprint density at radius 2 is 1.76 bits per heavy atom. The highest BCUT2D eigenvalue weighted by atomic mass is 79.9. The van der Waals surface area contributed by atoms with E-state index >= 15 is 0 Å². The lowest BCUT2D eigenvalue weighted by Crippen LogP contribution is -2.37. The maximum absolute atomic E-state index is 13.0. The van der Waals surface area contributed by atoms with Gasteiger partial charge in [-0.25, -0.2) is 13.4 Å². The van der Waals surface area contributed by atoms with Gasteiger partial charge in [-0.3, -0.25) is 9.52 Å². The van der Waals surface area contributed by atoms with Crippen LogP contribution in [0.25, 0.3) is 0 Å². The van der Waals surface area contributed by atoms with Crippen LogP contribution < -0.4 is 14.9 Å². The van der Waals surface area contributed by atoms with Crippen LogP contribution in [-0.2, 0) is 21.4 Å². The number of hydrogen-bond donors (Lipinski definition) is 3. The number of nitrogens with zero attached hydrogens (tertiary/aromatic N) is 3. The van der Waals surface area contributed by atoms with Crippen LogP contribution in [0.4, 0.5) is 17.5 Å². The van der Waals surface area contributed by atoms with E-state index < -0.39 is 16.0 Å². The average Bonchev–Trinajstić information content (AvgIpc) is 2.84. The van der Waals surface area contributed by atoms with Gasteiger partial charge in [0.15, 0.2) is 5.82 Å². The highest BCUT2D eigenvalue weighted by Crippen LogP contribution is 2.28. The summed E-state index contributed by atoms with van der Waals surface area (Å²) in [6.45, 7) is 1.46. The number of nitrogens with one attached hydrogen (secondary N) is 2. The topological polar surface area (TPSA) is 125 Å². The third-order valence-electron chi connectivity index (χ3n) is 5.57. The summed E-state index contributed by atoms with van der Waals surface area (Å²) >= 11 is 3.31. The summed E-state index contributed by atoms with van der Waals surface area (Å²) in [4.78, 5) is 22.3. The standard InChI is InChI=1S/C23H24BrN5O4S/c24-18-6-8-19(9-7-18)34(32,33)28-20-15-26-23(29-12-10-17(11-13-29)22(30)31)27-21(20)25-14-16-4-2-1-3-5-16/h1-9,15,17,28H,10-14H2,(H,30,31)(H,25,26,27). The number of anilines is 3. The summed E-state index contributed by atoms with van der Waals surface area (Å²) in [5, 5.41) is 12.5. The quantitative estimate of drug-likeness (QED) is 0.388. The summed E-state index contributed by atoms with van der Waals surface area (Å²) in [5.74, 6) is -0.395. The Balaban J connectivity index is 1.59. The zero-order valence-electron chi connectivity index (χ0n) is 18.2. The normalized spacial score (nSPS) is 14.6. The number of carboxylic acids is 1. The fourth-order valence-corrected chi connectivity index (χ4v) is 4.98. The smallest absolute Gasteiger partial charge is 0.306 e. The number of halogens is 1. The zero-order valence-corrected chi connectivity index (χ0v) is 20.6. The summed E-state index contributed by atoms with van der Waals surface area (Å²) in [7, 11) is -3.86. The van der Waals surface area contributed by atoms with Crippen molar-refractivity contribution in [3.05, 3.63) is 70.8 Å². The molecule has 4 rings (SSSR count). The maximum Gasteiger partial charge on any atom is 0.306 e. The number of aromatic nitrogens is 2. The molecule has 1 fully saturated rings. The van der Waals surface area contributed by atoms with Crippen molar-refractivity contribution in [2.75, 3.05) is 28.0 Å². The molecule has 0 radical (unpaired) electrons. The number of piperidine rings is 1. The van der Waals surface area contributed by atoms with Crippen molar-refractivity contribution >= 4 is 49.4 Å². The van der Waals surface area contributed by atoms with Gasteiger partial charge in [-0.05, 0) is 42.7 Å². The van der Waals surface area contributed by atoms with Crippen LogP contribution >= 0.6 is 15.9 Å². The maximum atomic E-state index is 13.0. The third-order valence-corrected chi connectivity index (χ3v) is 7.48. The molecular weight excluding hydrogens is 522 g/mol. The molecule has 3 N–H and O–H groups in total. The number of sulfonamides is 1. The summed E-state index contributed by atoms with van der Waals surface area (Å²) in [6, 6.07) is 16.0. The van der Waals surface area contributed by atoms with E-state index in [9.17, 15) is 18.3 Å². The highest BCUT2D eigenvalue weighted by molar-refractivity contribution is 9.10. The molecule has 0 atom stereocenters.